The topological polar surface area (TPSA) is 20.2 Å². The second kappa shape index (κ2) is 9.39. The fraction of sp³-hybridized carbons (Fsp3) is 0.647. The van der Waals surface area contributed by atoms with E-state index in [0.29, 0.717) is 12.3 Å². The van der Waals surface area contributed by atoms with Gasteiger partial charge in [-0.05, 0) is 18.4 Å². The predicted molar refractivity (Wildman–Crippen MR) is 83.7 cm³/mol. The smallest absolute Gasteiger partial charge is 0.0907 e. The maximum absolute atomic E-state index is 10.8. The van der Waals surface area contributed by atoms with Crippen molar-refractivity contribution >= 4 is 11.6 Å². The third kappa shape index (κ3) is 5.97. The van der Waals surface area contributed by atoms with Crippen molar-refractivity contribution in [2.75, 3.05) is 5.88 Å². The minimum Gasteiger partial charge on any atom is -0.385 e. The van der Waals surface area contributed by atoms with Gasteiger partial charge in [0.05, 0.1) is 5.60 Å². The van der Waals surface area contributed by atoms with Crippen LogP contribution in [-0.4, -0.2) is 11.0 Å². The first-order chi connectivity index (χ1) is 9.23. The summed E-state index contributed by atoms with van der Waals surface area (Å²) in [6.45, 7) is 2.23. The van der Waals surface area contributed by atoms with Crippen LogP contribution in [0.25, 0.3) is 0 Å². The number of halogens is 1. The SMILES string of the molecule is CCCCCCCCC(O)(CCCl)c1ccccc1. The Labute approximate surface area is 123 Å². The molecule has 0 heterocycles. The van der Waals surface area contributed by atoms with E-state index < -0.39 is 5.60 Å². The van der Waals surface area contributed by atoms with Crippen LogP contribution in [0.1, 0.15) is 63.9 Å². The highest BCUT2D eigenvalue weighted by Crippen LogP contribution is 2.31. The van der Waals surface area contributed by atoms with Gasteiger partial charge in [0.1, 0.15) is 0 Å². The van der Waals surface area contributed by atoms with Crippen molar-refractivity contribution in [2.24, 2.45) is 0 Å². The van der Waals surface area contributed by atoms with Crippen molar-refractivity contribution in [3.05, 3.63) is 35.9 Å². The summed E-state index contributed by atoms with van der Waals surface area (Å²) in [7, 11) is 0. The molecule has 1 atom stereocenters. The lowest BCUT2D eigenvalue weighted by atomic mass is 9.86. The standard InChI is InChI=1S/C17H27ClO/c1-2-3-4-5-6-10-13-17(19,14-15-18)16-11-8-7-9-12-16/h7-9,11-12,19H,2-6,10,13-15H2,1H3. The summed E-state index contributed by atoms with van der Waals surface area (Å²) in [5.74, 6) is 0.501. The molecule has 1 aromatic carbocycles. The molecule has 0 radical (unpaired) electrons. The van der Waals surface area contributed by atoms with Crippen molar-refractivity contribution in [1.82, 2.24) is 0 Å². The molecular formula is C17H27ClO. The molecule has 19 heavy (non-hydrogen) atoms. The van der Waals surface area contributed by atoms with E-state index >= 15 is 0 Å². The van der Waals surface area contributed by atoms with Crippen LogP contribution in [0, 0.1) is 0 Å². The molecule has 0 spiro atoms. The van der Waals surface area contributed by atoms with Crippen molar-refractivity contribution in [2.45, 2.75) is 63.9 Å². The molecule has 1 nitrogen and oxygen atoms in total. The number of rotatable bonds is 10. The molecule has 0 saturated carbocycles. The zero-order valence-electron chi connectivity index (χ0n) is 12.1. The van der Waals surface area contributed by atoms with E-state index in [9.17, 15) is 5.11 Å². The first-order valence-electron chi connectivity index (χ1n) is 7.57. The Bertz CT molecular complexity index is 325. The lowest BCUT2D eigenvalue weighted by molar-refractivity contribution is 0.0216. The fourth-order valence-electron chi connectivity index (χ4n) is 2.52. The summed E-state index contributed by atoms with van der Waals surface area (Å²) in [5, 5.41) is 10.8. The second-order valence-electron chi connectivity index (χ2n) is 5.35. The average molecular weight is 283 g/mol. The molecule has 0 amide bonds. The fourth-order valence-corrected chi connectivity index (χ4v) is 2.83. The number of unbranched alkanes of at least 4 members (excludes halogenated alkanes) is 5. The Morgan fingerprint density at radius 2 is 1.58 bits per heavy atom. The lowest BCUT2D eigenvalue weighted by Gasteiger charge is -2.28. The van der Waals surface area contributed by atoms with E-state index in [1.54, 1.807) is 0 Å². The molecule has 108 valence electrons. The van der Waals surface area contributed by atoms with E-state index in [0.717, 1.165) is 18.4 Å². The van der Waals surface area contributed by atoms with Crippen LogP contribution in [0.5, 0.6) is 0 Å². The van der Waals surface area contributed by atoms with Crippen molar-refractivity contribution in [1.29, 1.82) is 0 Å². The van der Waals surface area contributed by atoms with Crippen LogP contribution < -0.4 is 0 Å². The van der Waals surface area contributed by atoms with Gasteiger partial charge < -0.3 is 5.11 Å². The molecule has 0 aliphatic rings. The van der Waals surface area contributed by atoms with E-state index in [-0.39, 0.29) is 0 Å². The van der Waals surface area contributed by atoms with Crippen molar-refractivity contribution < 1.29 is 5.11 Å². The van der Waals surface area contributed by atoms with Gasteiger partial charge in [-0.3, -0.25) is 0 Å². The van der Waals surface area contributed by atoms with E-state index in [1.165, 1.54) is 32.1 Å². The van der Waals surface area contributed by atoms with Crippen molar-refractivity contribution in [3.63, 3.8) is 0 Å². The number of hydrogen-bond donors (Lipinski definition) is 1. The van der Waals surface area contributed by atoms with Gasteiger partial charge in [-0.1, -0.05) is 75.8 Å². The number of aliphatic hydroxyl groups is 1. The minimum atomic E-state index is -0.742. The normalized spacial score (nSPS) is 14.3. The first-order valence-corrected chi connectivity index (χ1v) is 8.10. The highest BCUT2D eigenvalue weighted by Gasteiger charge is 2.27. The quantitative estimate of drug-likeness (QED) is 0.459. The van der Waals surface area contributed by atoms with Gasteiger partial charge in [0.2, 0.25) is 0 Å². The van der Waals surface area contributed by atoms with Crippen LogP contribution in [-0.2, 0) is 5.60 Å². The Morgan fingerprint density at radius 1 is 0.947 bits per heavy atom. The number of benzene rings is 1. The van der Waals surface area contributed by atoms with Gasteiger partial charge in [-0.15, -0.1) is 11.6 Å². The first kappa shape index (κ1) is 16.5. The zero-order valence-corrected chi connectivity index (χ0v) is 12.8. The van der Waals surface area contributed by atoms with Gasteiger partial charge in [0, 0.05) is 5.88 Å². The predicted octanol–water partition coefficient (Wildman–Crippen LogP) is 5.25. The minimum absolute atomic E-state index is 0.501. The summed E-state index contributed by atoms with van der Waals surface area (Å²) in [4.78, 5) is 0. The lowest BCUT2D eigenvalue weighted by Crippen LogP contribution is -2.26. The summed E-state index contributed by atoms with van der Waals surface area (Å²) in [6, 6.07) is 9.95. The van der Waals surface area contributed by atoms with Crippen molar-refractivity contribution in [3.8, 4) is 0 Å². The van der Waals surface area contributed by atoms with Gasteiger partial charge in [-0.2, -0.15) is 0 Å². The second-order valence-corrected chi connectivity index (χ2v) is 5.73. The molecule has 1 aromatic rings. The van der Waals surface area contributed by atoms with Gasteiger partial charge in [-0.25, -0.2) is 0 Å². The highest BCUT2D eigenvalue weighted by atomic mass is 35.5. The molecule has 2 heteroatoms. The Balaban J connectivity index is 2.44. The number of alkyl halides is 1. The molecule has 0 saturated heterocycles. The maximum Gasteiger partial charge on any atom is 0.0907 e. The van der Waals surface area contributed by atoms with Gasteiger partial charge in [0.25, 0.3) is 0 Å². The summed E-state index contributed by atoms with van der Waals surface area (Å²) < 4.78 is 0. The van der Waals surface area contributed by atoms with Crippen LogP contribution in [0.2, 0.25) is 0 Å². The monoisotopic (exact) mass is 282 g/mol. The van der Waals surface area contributed by atoms with Crippen LogP contribution in [0.4, 0.5) is 0 Å². The molecule has 1 N–H and O–H groups in total. The number of hydrogen-bond acceptors (Lipinski definition) is 1. The van der Waals surface area contributed by atoms with Gasteiger partial charge in [0.15, 0.2) is 0 Å². The Morgan fingerprint density at radius 3 is 2.21 bits per heavy atom. The molecule has 0 fully saturated rings. The molecular weight excluding hydrogens is 256 g/mol. The third-order valence-corrected chi connectivity index (χ3v) is 3.95. The van der Waals surface area contributed by atoms with Crippen LogP contribution >= 0.6 is 11.6 Å². The average Bonchev–Trinajstić information content (AvgIpc) is 2.44. The van der Waals surface area contributed by atoms with Crippen LogP contribution in [0.3, 0.4) is 0 Å². The summed E-state index contributed by atoms with van der Waals surface area (Å²) in [6.07, 6.45) is 8.92. The zero-order chi connectivity index (χ0) is 14.0. The molecule has 1 unspecified atom stereocenters. The third-order valence-electron chi connectivity index (χ3n) is 3.76. The van der Waals surface area contributed by atoms with E-state index in [4.69, 9.17) is 11.6 Å². The Kier molecular flexibility index (Phi) is 8.16. The summed E-state index contributed by atoms with van der Waals surface area (Å²) in [5.41, 5.74) is 0.262. The van der Waals surface area contributed by atoms with Crippen LogP contribution in [0.15, 0.2) is 30.3 Å². The van der Waals surface area contributed by atoms with E-state index in [2.05, 4.69) is 6.92 Å². The molecule has 0 aromatic heterocycles. The van der Waals surface area contributed by atoms with Gasteiger partial charge >= 0.3 is 0 Å². The molecule has 0 bridgehead atoms. The van der Waals surface area contributed by atoms with E-state index in [1.807, 2.05) is 30.3 Å². The highest BCUT2D eigenvalue weighted by molar-refractivity contribution is 6.17. The summed E-state index contributed by atoms with van der Waals surface area (Å²) >= 11 is 5.86. The maximum atomic E-state index is 10.8. The Hall–Kier alpha value is -0.530. The molecule has 0 aliphatic carbocycles. The largest absolute Gasteiger partial charge is 0.385 e. The molecule has 0 aliphatic heterocycles. The molecule has 1 rings (SSSR count).